The van der Waals surface area contributed by atoms with Crippen LogP contribution in [0.4, 0.5) is 5.69 Å². The topological polar surface area (TPSA) is 93.8 Å². The monoisotopic (exact) mass is 218 g/mol. The van der Waals surface area contributed by atoms with E-state index in [2.05, 4.69) is 10.1 Å². The van der Waals surface area contributed by atoms with Crippen LogP contribution in [0.15, 0.2) is 33.9 Å². The summed E-state index contributed by atoms with van der Waals surface area (Å²) in [5.41, 5.74) is 5.73. The van der Waals surface area contributed by atoms with Crippen LogP contribution in [0.1, 0.15) is 0 Å². The third-order valence-corrected chi connectivity index (χ3v) is 2.20. The minimum absolute atomic E-state index is 0.139. The Morgan fingerprint density at radius 1 is 1.31 bits per heavy atom. The minimum Gasteiger partial charge on any atom is -0.398 e. The Bertz CT molecular complexity index is 642. The summed E-state index contributed by atoms with van der Waals surface area (Å²) in [4.78, 5) is 24.8. The predicted octanol–water partition coefficient (Wildman–Crippen LogP) is -0.282. The molecule has 0 unspecified atom stereocenters. The van der Waals surface area contributed by atoms with E-state index in [-0.39, 0.29) is 5.69 Å². The average molecular weight is 218 g/mol. The molecular weight excluding hydrogens is 208 g/mol. The van der Waals surface area contributed by atoms with Gasteiger partial charge in [0.2, 0.25) is 0 Å². The van der Waals surface area contributed by atoms with Gasteiger partial charge in [-0.2, -0.15) is 5.10 Å². The molecule has 0 radical (unpaired) electrons. The van der Waals surface area contributed by atoms with E-state index in [9.17, 15) is 9.59 Å². The number of nitrogens with two attached hydrogens (primary N) is 1. The van der Waals surface area contributed by atoms with Crippen LogP contribution in [0.25, 0.3) is 11.3 Å². The molecule has 0 saturated heterocycles. The summed E-state index contributed by atoms with van der Waals surface area (Å²) in [6.07, 6.45) is 0. The Morgan fingerprint density at radius 3 is 2.69 bits per heavy atom. The standard InChI is InChI=1S/C10H10N4O2/c1-14-10(16)12-9(15)8(13-14)6-4-2-3-5-7(6)11/h2-5H,11H2,1H3,(H,12,15,16). The summed E-state index contributed by atoms with van der Waals surface area (Å²) < 4.78 is 1.06. The highest BCUT2D eigenvalue weighted by Gasteiger charge is 2.09. The Kier molecular flexibility index (Phi) is 2.32. The lowest BCUT2D eigenvalue weighted by Gasteiger charge is -2.04. The third-order valence-electron chi connectivity index (χ3n) is 2.20. The number of nitrogens with zero attached hydrogens (tertiary/aromatic N) is 2. The van der Waals surface area contributed by atoms with Crippen LogP contribution in [0.5, 0.6) is 0 Å². The molecule has 2 rings (SSSR count). The first-order valence-corrected chi connectivity index (χ1v) is 4.62. The smallest absolute Gasteiger partial charge is 0.344 e. The lowest BCUT2D eigenvalue weighted by atomic mass is 10.1. The van der Waals surface area contributed by atoms with Crippen LogP contribution >= 0.6 is 0 Å². The molecule has 1 heterocycles. The van der Waals surface area contributed by atoms with Gasteiger partial charge in [-0.05, 0) is 6.07 Å². The van der Waals surface area contributed by atoms with Crippen LogP contribution in [0.2, 0.25) is 0 Å². The van der Waals surface area contributed by atoms with E-state index in [0.29, 0.717) is 11.3 Å². The molecule has 0 aliphatic rings. The molecule has 0 bridgehead atoms. The first kappa shape index (κ1) is 10.2. The van der Waals surface area contributed by atoms with E-state index in [1.807, 2.05) is 0 Å². The summed E-state index contributed by atoms with van der Waals surface area (Å²) in [5.74, 6) is 0. The number of aryl methyl sites for hydroxylation is 1. The van der Waals surface area contributed by atoms with Gasteiger partial charge in [0.15, 0.2) is 5.69 Å². The van der Waals surface area contributed by atoms with E-state index in [1.165, 1.54) is 7.05 Å². The molecule has 6 nitrogen and oxygen atoms in total. The van der Waals surface area contributed by atoms with Gasteiger partial charge in [-0.1, -0.05) is 18.2 Å². The van der Waals surface area contributed by atoms with Gasteiger partial charge in [0.25, 0.3) is 5.56 Å². The molecule has 6 heteroatoms. The molecule has 1 aromatic heterocycles. The Balaban J connectivity index is 2.75. The zero-order valence-electron chi connectivity index (χ0n) is 8.60. The molecule has 0 saturated carbocycles. The number of aromatic nitrogens is 3. The third kappa shape index (κ3) is 1.60. The van der Waals surface area contributed by atoms with Crippen molar-refractivity contribution in [1.82, 2.24) is 14.8 Å². The second-order valence-electron chi connectivity index (χ2n) is 3.32. The summed E-state index contributed by atoms with van der Waals surface area (Å²) in [6.45, 7) is 0. The van der Waals surface area contributed by atoms with Crippen LogP contribution in [0.3, 0.4) is 0 Å². The highest BCUT2D eigenvalue weighted by Crippen LogP contribution is 2.19. The number of rotatable bonds is 1. The number of benzene rings is 1. The molecule has 0 aliphatic carbocycles. The second-order valence-corrected chi connectivity index (χ2v) is 3.32. The van der Waals surface area contributed by atoms with E-state index in [1.54, 1.807) is 24.3 Å². The van der Waals surface area contributed by atoms with Crippen molar-refractivity contribution in [3.05, 3.63) is 45.1 Å². The second kappa shape index (κ2) is 3.65. The van der Waals surface area contributed by atoms with Gasteiger partial charge in [-0.25, -0.2) is 9.48 Å². The highest BCUT2D eigenvalue weighted by atomic mass is 16.2. The fourth-order valence-corrected chi connectivity index (χ4v) is 1.37. The largest absolute Gasteiger partial charge is 0.398 e. The Morgan fingerprint density at radius 2 is 2.00 bits per heavy atom. The normalized spacial score (nSPS) is 10.3. The van der Waals surface area contributed by atoms with E-state index < -0.39 is 11.2 Å². The maximum Gasteiger partial charge on any atom is 0.344 e. The van der Waals surface area contributed by atoms with Crippen molar-refractivity contribution in [3.8, 4) is 11.3 Å². The van der Waals surface area contributed by atoms with Crippen LogP contribution in [-0.2, 0) is 7.05 Å². The molecule has 2 aromatic rings. The summed E-state index contributed by atoms with van der Waals surface area (Å²) in [6, 6.07) is 6.85. The van der Waals surface area contributed by atoms with Gasteiger partial charge >= 0.3 is 5.69 Å². The number of para-hydroxylation sites is 1. The van der Waals surface area contributed by atoms with Crippen molar-refractivity contribution in [2.45, 2.75) is 0 Å². The van der Waals surface area contributed by atoms with Crippen molar-refractivity contribution >= 4 is 5.69 Å². The number of nitrogen functional groups attached to an aromatic ring is 1. The van der Waals surface area contributed by atoms with Gasteiger partial charge in [0, 0.05) is 18.3 Å². The lowest BCUT2D eigenvalue weighted by Crippen LogP contribution is -2.31. The molecule has 16 heavy (non-hydrogen) atoms. The molecule has 3 N–H and O–H groups in total. The first-order chi connectivity index (χ1) is 7.59. The van der Waals surface area contributed by atoms with E-state index >= 15 is 0 Å². The average Bonchev–Trinajstić information content (AvgIpc) is 2.25. The number of anilines is 1. The number of H-pyrrole nitrogens is 1. The minimum atomic E-state index is -0.553. The van der Waals surface area contributed by atoms with E-state index in [4.69, 9.17) is 5.73 Å². The first-order valence-electron chi connectivity index (χ1n) is 4.62. The van der Waals surface area contributed by atoms with Gasteiger partial charge in [0.1, 0.15) is 0 Å². The molecule has 0 spiro atoms. The van der Waals surface area contributed by atoms with Crippen molar-refractivity contribution in [1.29, 1.82) is 0 Å². The van der Waals surface area contributed by atoms with Gasteiger partial charge in [-0.3, -0.25) is 9.78 Å². The van der Waals surface area contributed by atoms with Crippen molar-refractivity contribution < 1.29 is 0 Å². The summed E-state index contributed by atoms with van der Waals surface area (Å²) in [5, 5.41) is 3.88. The summed E-state index contributed by atoms with van der Waals surface area (Å²) >= 11 is 0. The fourth-order valence-electron chi connectivity index (χ4n) is 1.37. The summed E-state index contributed by atoms with van der Waals surface area (Å²) in [7, 11) is 1.46. The number of hydrogen-bond donors (Lipinski definition) is 2. The maximum atomic E-state index is 11.6. The van der Waals surface area contributed by atoms with E-state index in [0.717, 1.165) is 4.68 Å². The van der Waals surface area contributed by atoms with Crippen LogP contribution in [-0.4, -0.2) is 14.8 Å². The maximum absolute atomic E-state index is 11.6. The molecule has 82 valence electrons. The molecule has 0 atom stereocenters. The fraction of sp³-hybridized carbons (Fsp3) is 0.100. The highest BCUT2D eigenvalue weighted by molar-refractivity contribution is 5.72. The Hall–Kier alpha value is -2.37. The number of nitrogens with one attached hydrogen (secondary N) is 1. The zero-order chi connectivity index (χ0) is 11.7. The van der Waals surface area contributed by atoms with Crippen molar-refractivity contribution in [2.75, 3.05) is 5.73 Å². The number of aromatic amines is 1. The van der Waals surface area contributed by atoms with Crippen LogP contribution < -0.4 is 17.0 Å². The predicted molar refractivity (Wildman–Crippen MR) is 59.9 cm³/mol. The van der Waals surface area contributed by atoms with Crippen molar-refractivity contribution in [3.63, 3.8) is 0 Å². The molecule has 0 aliphatic heterocycles. The van der Waals surface area contributed by atoms with Gasteiger partial charge < -0.3 is 5.73 Å². The molecule has 1 aromatic carbocycles. The van der Waals surface area contributed by atoms with Gasteiger partial charge in [0.05, 0.1) is 0 Å². The van der Waals surface area contributed by atoms with Crippen LogP contribution in [0, 0.1) is 0 Å². The molecule has 0 fully saturated rings. The molecular formula is C10H10N4O2. The zero-order valence-corrected chi connectivity index (χ0v) is 8.60. The lowest BCUT2D eigenvalue weighted by molar-refractivity contribution is 0.671. The quantitative estimate of drug-likeness (QED) is 0.643. The van der Waals surface area contributed by atoms with Gasteiger partial charge in [-0.15, -0.1) is 0 Å². The number of hydrogen-bond acceptors (Lipinski definition) is 4. The SMILES string of the molecule is Cn1nc(-c2ccccc2N)c(=O)[nH]c1=O. The Labute approximate surface area is 90.4 Å². The van der Waals surface area contributed by atoms with Crippen molar-refractivity contribution in [2.24, 2.45) is 7.05 Å². The molecule has 0 amide bonds.